The molecule has 0 amide bonds. The second-order valence-corrected chi connectivity index (χ2v) is 5.68. The third-order valence-electron chi connectivity index (χ3n) is 3.84. The lowest BCUT2D eigenvalue weighted by atomic mass is 10.0. The number of nitrogens with one attached hydrogen (secondary N) is 1. The quantitative estimate of drug-likeness (QED) is 0.817. The molecule has 5 nitrogen and oxygen atoms in total. The zero-order valence-corrected chi connectivity index (χ0v) is 13.3. The molecular formula is C15H23ClN4O. The van der Waals surface area contributed by atoms with E-state index in [-0.39, 0.29) is 10.6 Å². The highest BCUT2D eigenvalue weighted by Gasteiger charge is 2.19. The molecular weight excluding hydrogens is 288 g/mol. The van der Waals surface area contributed by atoms with Gasteiger partial charge in [-0.25, -0.2) is 4.68 Å². The maximum absolute atomic E-state index is 12.2. The van der Waals surface area contributed by atoms with Crippen LogP contribution < -0.4 is 15.8 Å². The number of hydrogen-bond donors (Lipinski definition) is 1. The maximum Gasteiger partial charge on any atom is 0.287 e. The van der Waals surface area contributed by atoms with Gasteiger partial charge in [0.05, 0.1) is 18.4 Å². The summed E-state index contributed by atoms with van der Waals surface area (Å²) in [7, 11) is 0. The largest absolute Gasteiger partial charge is 0.368 e. The van der Waals surface area contributed by atoms with E-state index in [0.717, 1.165) is 31.7 Å². The Labute approximate surface area is 130 Å². The Bertz CT molecular complexity index is 537. The van der Waals surface area contributed by atoms with E-state index in [1.807, 2.05) is 0 Å². The molecule has 0 radical (unpaired) electrons. The van der Waals surface area contributed by atoms with Crippen LogP contribution in [0, 0.1) is 0 Å². The van der Waals surface area contributed by atoms with Crippen molar-refractivity contribution in [2.75, 3.05) is 24.5 Å². The zero-order valence-electron chi connectivity index (χ0n) is 12.5. The first-order valence-electron chi connectivity index (χ1n) is 7.52. The van der Waals surface area contributed by atoms with Crippen LogP contribution in [0.1, 0.15) is 26.2 Å². The average Bonchev–Trinajstić information content (AvgIpc) is 2.51. The molecule has 0 aromatic carbocycles. The molecule has 6 heteroatoms. The number of halogens is 1. The number of rotatable bonds is 6. The van der Waals surface area contributed by atoms with Crippen molar-refractivity contribution in [2.24, 2.45) is 0 Å². The number of hydrogen-bond acceptors (Lipinski definition) is 4. The van der Waals surface area contributed by atoms with Crippen LogP contribution in [-0.2, 0) is 6.54 Å². The highest BCUT2D eigenvalue weighted by molar-refractivity contribution is 6.33. The van der Waals surface area contributed by atoms with Gasteiger partial charge in [0.15, 0.2) is 0 Å². The number of likely N-dealkylation sites (N-methyl/N-ethyl adjacent to an activating group) is 1. The lowest BCUT2D eigenvalue weighted by molar-refractivity contribution is 0.400. The van der Waals surface area contributed by atoms with Crippen molar-refractivity contribution in [1.29, 1.82) is 0 Å². The Hall–Kier alpha value is -1.33. The van der Waals surface area contributed by atoms with E-state index >= 15 is 0 Å². The SMILES string of the molecule is C=CCn1ncc(N(CC)CC2CCCCN2)c(Cl)c1=O. The van der Waals surface area contributed by atoms with E-state index in [2.05, 4.69) is 28.8 Å². The van der Waals surface area contributed by atoms with E-state index in [9.17, 15) is 4.79 Å². The van der Waals surface area contributed by atoms with Gasteiger partial charge in [0.2, 0.25) is 0 Å². The fourth-order valence-corrected chi connectivity index (χ4v) is 2.94. The molecule has 0 spiro atoms. The summed E-state index contributed by atoms with van der Waals surface area (Å²) < 4.78 is 1.32. The molecule has 1 aliphatic heterocycles. The Balaban J connectivity index is 2.19. The van der Waals surface area contributed by atoms with Crippen molar-refractivity contribution >= 4 is 17.3 Å². The number of anilines is 1. The minimum absolute atomic E-state index is 0.240. The molecule has 21 heavy (non-hydrogen) atoms. The van der Waals surface area contributed by atoms with Crippen LogP contribution in [0.5, 0.6) is 0 Å². The second kappa shape index (κ2) is 7.61. The van der Waals surface area contributed by atoms with Gasteiger partial charge < -0.3 is 10.2 Å². The standard InChI is InChI=1S/C15H23ClN4O/c1-3-9-20-15(21)14(16)13(10-18-20)19(4-2)11-12-7-5-6-8-17-12/h3,10,12,17H,1,4-9,11H2,2H3. The number of nitrogens with zero attached hydrogens (tertiary/aromatic N) is 3. The molecule has 1 aromatic rings. The summed E-state index contributed by atoms with van der Waals surface area (Å²) in [6, 6.07) is 0.449. The van der Waals surface area contributed by atoms with Gasteiger partial charge in [0.1, 0.15) is 5.02 Å². The maximum atomic E-state index is 12.2. The van der Waals surface area contributed by atoms with Crippen molar-refractivity contribution in [2.45, 2.75) is 38.8 Å². The zero-order chi connectivity index (χ0) is 15.2. The Morgan fingerprint density at radius 2 is 2.43 bits per heavy atom. The van der Waals surface area contributed by atoms with Gasteiger partial charge in [-0.1, -0.05) is 24.1 Å². The van der Waals surface area contributed by atoms with Crippen molar-refractivity contribution < 1.29 is 0 Å². The van der Waals surface area contributed by atoms with Crippen LogP contribution in [0.2, 0.25) is 5.02 Å². The molecule has 1 aliphatic rings. The molecule has 0 aliphatic carbocycles. The third-order valence-corrected chi connectivity index (χ3v) is 4.20. The summed E-state index contributed by atoms with van der Waals surface area (Å²) in [5.74, 6) is 0. The second-order valence-electron chi connectivity index (χ2n) is 5.31. The topological polar surface area (TPSA) is 50.2 Å². The Morgan fingerprint density at radius 3 is 3.05 bits per heavy atom. The van der Waals surface area contributed by atoms with Crippen molar-refractivity contribution in [1.82, 2.24) is 15.1 Å². The van der Waals surface area contributed by atoms with Gasteiger partial charge in [0.25, 0.3) is 5.56 Å². The van der Waals surface area contributed by atoms with Crippen molar-refractivity contribution in [3.05, 3.63) is 34.2 Å². The van der Waals surface area contributed by atoms with Crippen LogP contribution in [0.15, 0.2) is 23.6 Å². The van der Waals surface area contributed by atoms with Gasteiger partial charge in [-0.2, -0.15) is 5.10 Å². The smallest absolute Gasteiger partial charge is 0.287 e. The van der Waals surface area contributed by atoms with Crippen molar-refractivity contribution in [3.63, 3.8) is 0 Å². The van der Waals surface area contributed by atoms with Gasteiger partial charge in [-0.3, -0.25) is 4.79 Å². The molecule has 2 heterocycles. The summed E-state index contributed by atoms with van der Waals surface area (Å²) in [6.07, 6.45) is 6.97. The fourth-order valence-electron chi connectivity index (χ4n) is 2.67. The average molecular weight is 311 g/mol. The first kappa shape index (κ1) is 16.0. The summed E-state index contributed by atoms with van der Waals surface area (Å²) >= 11 is 6.26. The summed E-state index contributed by atoms with van der Waals surface area (Å²) in [5.41, 5.74) is 0.459. The highest BCUT2D eigenvalue weighted by Crippen LogP contribution is 2.22. The minimum atomic E-state index is -0.260. The molecule has 1 atom stereocenters. The van der Waals surface area contributed by atoms with E-state index in [1.165, 1.54) is 17.5 Å². The molecule has 1 fully saturated rings. The Morgan fingerprint density at radius 1 is 1.62 bits per heavy atom. The predicted octanol–water partition coefficient (Wildman–Crippen LogP) is 2.05. The first-order chi connectivity index (χ1) is 10.2. The molecule has 0 bridgehead atoms. The summed E-state index contributed by atoms with van der Waals surface area (Å²) in [5, 5.41) is 7.94. The molecule has 0 saturated carbocycles. The normalized spacial score (nSPS) is 18.5. The number of aromatic nitrogens is 2. The monoisotopic (exact) mass is 310 g/mol. The van der Waals surface area contributed by atoms with Gasteiger partial charge in [0, 0.05) is 19.1 Å². The van der Waals surface area contributed by atoms with Gasteiger partial charge in [-0.15, -0.1) is 6.58 Å². The Kier molecular flexibility index (Phi) is 5.82. The van der Waals surface area contributed by atoms with Crippen LogP contribution in [0.25, 0.3) is 0 Å². The van der Waals surface area contributed by atoms with E-state index < -0.39 is 0 Å². The van der Waals surface area contributed by atoms with Crippen LogP contribution >= 0.6 is 11.6 Å². The first-order valence-corrected chi connectivity index (χ1v) is 7.90. The molecule has 1 aromatic heterocycles. The molecule has 2 rings (SSSR count). The molecule has 1 saturated heterocycles. The van der Waals surface area contributed by atoms with Gasteiger partial charge >= 0.3 is 0 Å². The highest BCUT2D eigenvalue weighted by atomic mass is 35.5. The fraction of sp³-hybridized carbons (Fsp3) is 0.600. The van der Waals surface area contributed by atoms with Gasteiger partial charge in [-0.05, 0) is 26.3 Å². The van der Waals surface area contributed by atoms with E-state index in [4.69, 9.17) is 11.6 Å². The number of allylic oxidation sites excluding steroid dienone is 1. The predicted molar refractivity (Wildman–Crippen MR) is 87.2 cm³/mol. The third kappa shape index (κ3) is 3.86. The minimum Gasteiger partial charge on any atom is -0.368 e. The van der Waals surface area contributed by atoms with Crippen LogP contribution in [0.3, 0.4) is 0 Å². The lowest BCUT2D eigenvalue weighted by Gasteiger charge is -2.31. The molecule has 1 unspecified atom stereocenters. The molecule has 116 valence electrons. The van der Waals surface area contributed by atoms with Crippen LogP contribution in [0.4, 0.5) is 5.69 Å². The summed E-state index contributed by atoms with van der Waals surface area (Å²) in [4.78, 5) is 14.3. The lowest BCUT2D eigenvalue weighted by Crippen LogP contribution is -2.44. The number of piperidine rings is 1. The summed E-state index contributed by atoms with van der Waals surface area (Å²) in [6.45, 7) is 8.76. The van der Waals surface area contributed by atoms with Crippen molar-refractivity contribution in [3.8, 4) is 0 Å². The van der Waals surface area contributed by atoms with E-state index in [1.54, 1.807) is 12.3 Å². The van der Waals surface area contributed by atoms with Crippen LogP contribution in [-0.4, -0.2) is 35.5 Å². The molecule has 1 N–H and O–H groups in total. The van der Waals surface area contributed by atoms with E-state index in [0.29, 0.717) is 12.6 Å².